The number of fused-ring (bicyclic) bond motifs is 1. The highest BCUT2D eigenvalue weighted by Crippen LogP contribution is 2.25. The second-order valence-electron chi connectivity index (χ2n) is 4.39. The highest BCUT2D eigenvalue weighted by atomic mass is 15.1. The van der Waals surface area contributed by atoms with Crippen LogP contribution >= 0.6 is 0 Å². The predicted molar refractivity (Wildman–Crippen MR) is 70.1 cm³/mol. The highest BCUT2D eigenvalue weighted by Gasteiger charge is 2.16. The van der Waals surface area contributed by atoms with Crippen molar-refractivity contribution >= 4 is 11.0 Å². The lowest BCUT2D eigenvalue weighted by Crippen LogP contribution is -2.14. The molecule has 1 N–H and O–H groups in total. The van der Waals surface area contributed by atoms with E-state index in [0.717, 1.165) is 30.4 Å². The van der Waals surface area contributed by atoms with E-state index in [1.807, 2.05) is 25.5 Å². The second-order valence-corrected chi connectivity index (χ2v) is 4.39. The van der Waals surface area contributed by atoms with Crippen molar-refractivity contribution in [2.45, 2.75) is 25.7 Å². The lowest BCUT2D eigenvalue weighted by molar-refractivity contribution is 0.541. The average molecular weight is 232 g/mol. The van der Waals surface area contributed by atoms with Crippen LogP contribution in [0.4, 0.5) is 0 Å². The average Bonchev–Trinajstić information content (AvgIpc) is 2.69. The summed E-state index contributed by atoms with van der Waals surface area (Å²) in [7, 11) is 4.08. The largest absolute Gasteiger partial charge is 0.331 e. The first-order chi connectivity index (χ1) is 8.27. The maximum Gasteiger partial charge on any atom is 0.112 e. The van der Waals surface area contributed by atoms with Crippen molar-refractivity contribution in [2.24, 2.45) is 7.05 Å². The van der Waals surface area contributed by atoms with Gasteiger partial charge >= 0.3 is 0 Å². The van der Waals surface area contributed by atoms with E-state index in [9.17, 15) is 0 Å². The van der Waals surface area contributed by atoms with Crippen LogP contribution in [0.3, 0.4) is 0 Å². The molecule has 0 saturated carbocycles. The van der Waals surface area contributed by atoms with Crippen molar-refractivity contribution < 1.29 is 0 Å². The van der Waals surface area contributed by atoms with Crippen LogP contribution in [0.15, 0.2) is 18.5 Å². The number of hydrogen-bond acceptors (Lipinski definition) is 3. The molecule has 0 radical (unpaired) electrons. The third kappa shape index (κ3) is 2.31. The van der Waals surface area contributed by atoms with Gasteiger partial charge in [-0.05, 0) is 32.5 Å². The fourth-order valence-corrected chi connectivity index (χ4v) is 2.27. The van der Waals surface area contributed by atoms with Crippen molar-refractivity contribution in [2.75, 3.05) is 13.6 Å². The maximum absolute atomic E-state index is 4.71. The molecule has 0 aliphatic carbocycles. The Morgan fingerprint density at radius 3 is 2.94 bits per heavy atom. The van der Waals surface area contributed by atoms with Crippen LogP contribution in [-0.4, -0.2) is 28.1 Å². The first kappa shape index (κ1) is 12.0. The van der Waals surface area contributed by atoms with Gasteiger partial charge in [0.2, 0.25) is 0 Å². The van der Waals surface area contributed by atoms with Crippen LogP contribution in [0.25, 0.3) is 11.0 Å². The molecule has 0 aliphatic heterocycles. The summed E-state index contributed by atoms with van der Waals surface area (Å²) in [4.78, 5) is 8.84. The molecule has 0 spiro atoms. The van der Waals surface area contributed by atoms with Crippen molar-refractivity contribution in [3.05, 3.63) is 24.3 Å². The normalized spacial score (nSPS) is 13.1. The Morgan fingerprint density at radius 1 is 1.47 bits per heavy atom. The Balaban J connectivity index is 2.36. The minimum Gasteiger partial charge on any atom is -0.331 e. The molecule has 1 atom stereocenters. The van der Waals surface area contributed by atoms with E-state index >= 15 is 0 Å². The smallest absolute Gasteiger partial charge is 0.112 e. The fourth-order valence-electron chi connectivity index (χ4n) is 2.27. The van der Waals surface area contributed by atoms with Gasteiger partial charge in [0.25, 0.3) is 0 Å². The summed E-state index contributed by atoms with van der Waals surface area (Å²) in [6.07, 6.45) is 5.90. The van der Waals surface area contributed by atoms with Crippen molar-refractivity contribution in [1.82, 2.24) is 19.9 Å². The van der Waals surface area contributed by atoms with Gasteiger partial charge in [-0.3, -0.25) is 4.98 Å². The van der Waals surface area contributed by atoms with Crippen molar-refractivity contribution in [1.29, 1.82) is 0 Å². The molecule has 0 saturated heterocycles. The van der Waals surface area contributed by atoms with Crippen LogP contribution in [-0.2, 0) is 7.05 Å². The van der Waals surface area contributed by atoms with Crippen LogP contribution in [0.1, 0.15) is 31.5 Å². The number of nitrogens with zero attached hydrogens (tertiary/aromatic N) is 3. The monoisotopic (exact) mass is 232 g/mol. The Hall–Kier alpha value is -1.42. The Bertz CT molecular complexity index is 489. The van der Waals surface area contributed by atoms with Crippen molar-refractivity contribution in [3.63, 3.8) is 0 Å². The summed E-state index contributed by atoms with van der Waals surface area (Å²) in [5.41, 5.74) is 2.16. The summed E-state index contributed by atoms with van der Waals surface area (Å²) in [6, 6.07) is 2.02. The zero-order chi connectivity index (χ0) is 12.3. The molecule has 2 aromatic rings. The Kier molecular flexibility index (Phi) is 3.74. The van der Waals surface area contributed by atoms with E-state index in [0.29, 0.717) is 5.92 Å². The van der Waals surface area contributed by atoms with Gasteiger partial charge in [0.15, 0.2) is 0 Å². The molecule has 2 heterocycles. The molecule has 0 aromatic carbocycles. The molecular weight excluding hydrogens is 212 g/mol. The van der Waals surface area contributed by atoms with E-state index in [2.05, 4.69) is 28.8 Å². The standard InChI is InChI=1S/C13H20N4/c1-4-10(5-7-14-2)13-16-11-9-15-8-6-12(11)17(13)3/h6,8-10,14H,4-5,7H2,1-3H3. The van der Waals surface area contributed by atoms with Crippen LogP contribution in [0, 0.1) is 0 Å². The summed E-state index contributed by atoms with van der Waals surface area (Å²) in [5, 5.41) is 3.21. The molecule has 0 fully saturated rings. The molecular formula is C13H20N4. The van der Waals surface area contributed by atoms with E-state index in [1.165, 1.54) is 5.82 Å². The molecule has 17 heavy (non-hydrogen) atoms. The van der Waals surface area contributed by atoms with Gasteiger partial charge in [0.1, 0.15) is 11.3 Å². The highest BCUT2D eigenvalue weighted by molar-refractivity contribution is 5.74. The third-order valence-electron chi connectivity index (χ3n) is 3.32. The Labute approximate surface area is 102 Å². The number of nitrogens with one attached hydrogen (secondary N) is 1. The molecule has 0 amide bonds. The number of aromatic nitrogens is 3. The fraction of sp³-hybridized carbons (Fsp3) is 0.538. The first-order valence-electron chi connectivity index (χ1n) is 6.18. The van der Waals surface area contributed by atoms with Crippen LogP contribution in [0.5, 0.6) is 0 Å². The quantitative estimate of drug-likeness (QED) is 0.858. The third-order valence-corrected chi connectivity index (χ3v) is 3.32. The van der Waals surface area contributed by atoms with E-state index < -0.39 is 0 Å². The molecule has 2 rings (SSSR count). The number of rotatable bonds is 5. The number of pyridine rings is 1. The minimum absolute atomic E-state index is 0.514. The van der Waals surface area contributed by atoms with Crippen LogP contribution in [0.2, 0.25) is 0 Å². The molecule has 92 valence electrons. The lowest BCUT2D eigenvalue weighted by Gasteiger charge is -2.14. The lowest BCUT2D eigenvalue weighted by atomic mass is 10.0. The number of imidazole rings is 1. The molecule has 0 aliphatic rings. The minimum atomic E-state index is 0.514. The molecule has 4 heteroatoms. The summed E-state index contributed by atoms with van der Waals surface area (Å²) in [6.45, 7) is 3.25. The number of hydrogen-bond donors (Lipinski definition) is 1. The Morgan fingerprint density at radius 2 is 2.29 bits per heavy atom. The van der Waals surface area contributed by atoms with Gasteiger partial charge in [0.05, 0.1) is 11.7 Å². The molecule has 1 unspecified atom stereocenters. The second kappa shape index (κ2) is 5.27. The van der Waals surface area contributed by atoms with Gasteiger partial charge in [-0.2, -0.15) is 0 Å². The molecule has 2 aromatic heterocycles. The van der Waals surface area contributed by atoms with Gasteiger partial charge in [-0.25, -0.2) is 4.98 Å². The maximum atomic E-state index is 4.71. The number of aryl methyl sites for hydroxylation is 1. The van der Waals surface area contributed by atoms with Gasteiger partial charge in [-0.1, -0.05) is 6.92 Å². The van der Waals surface area contributed by atoms with Gasteiger partial charge < -0.3 is 9.88 Å². The molecule has 4 nitrogen and oxygen atoms in total. The summed E-state index contributed by atoms with van der Waals surface area (Å²) < 4.78 is 2.20. The van der Waals surface area contributed by atoms with Gasteiger partial charge in [-0.15, -0.1) is 0 Å². The topological polar surface area (TPSA) is 42.7 Å². The van der Waals surface area contributed by atoms with Crippen molar-refractivity contribution in [3.8, 4) is 0 Å². The first-order valence-corrected chi connectivity index (χ1v) is 6.18. The molecule has 0 bridgehead atoms. The zero-order valence-corrected chi connectivity index (χ0v) is 10.8. The van der Waals surface area contributed by atoms with E-state index in [4.69, 9.17) is 4.98 Å². The van der Waals surface area contributed by atoms with Gasteiger partial charge in [0, 0.05) is 19.2 Å². The van der Waals surface area contributed by atoms with Crippen LogP contribution < -0.4 is 5.32 Å². The zero-order valence-electron chi connectivity index (χ0n) is 10.8. The summed E-state index contributed by atoms with van der Waals surface area (Å²) in [5.74, 6) is 1.69. The predicted octanol–water partition coefficient (Wildman–Crippen LogP) is 2.07. The van der Waals surface area contributed by atoms with E-state index in [1.54, 1.807) is 0 Å². The SMILES string of the molecule is CCC(CCNC)c1nc2cnccc2n1C. The van der Waals surface area contributed by atoms with E-state index in [-0.39, 0.29) is 0 Å². The summed E-state index contributed by atoms with van der Waals surface area (Å²) >= 11 is 0.